The van der Waals surface area contributed by atoms with Gasteiger partial charge in [-0.2, -0.15) is 0 Å². The molecule has 0 spiro atoms. The molecule has 0 aromatic heterocycles. The van der Waals surface area contributed by atoms with Crippen LogP contribution < -0.4 is 4.74 Å². The number of benzene rings is 1. The van der Waals surface area contributed by atoms with Crippen LogP contribution in [0.25, 0.3) is 0 Å². The van der Waals surface area contributed by atoms with E-state index in [0.29, 0.717) is 6.42 Å². The molecule has 1 aromatic carbocycles. The van der Waals surface area contributed by atoms with Gasteiger partial charge in [0.15, 0.2) is 0 Å². The highest BCUT2D eigenvalue weighted by Crippen LogP contribution is 2.17. The molecular weight excluding hydrogens is 226 g/mol. The molecule has 1 rings (SSSR count). The van der Waals surface area contributed by atoms with Crippen molar-refractivity contribution in [2.45, 2.75) is 6.42 Å². The zero-order valence-corrected chi connectivity index (χ0v) is 9.00. The van der Waals surface area contributed by atoms with Gasteiger partial charge in [-0.25, -0.2) is 4.79 Å². The van der Waals surface area contributed by atoms with E-state index < -0.39 is 11.1 Å². The number of hydrogen-bond acceptors (Lipinski definition) is 5. The maximum absolute atomic E-state index is 11.1. The molecule has 0 fully saturated rings. The third-order valence-corrected chi connectivity index (χ3v) is 1.79. The minimum absolute atomic E-state index is 0.0719. The van der Waals surface area contributed by atoms with Gasteiger partial charge in [-0.3, -0.25) is 10.1 Å². The van der Waals surface area contributed by atoms with E-state index in [2.05, 4.69) is 6.58 Å². The lowest BCUT2D eigenvalue weighted by Crippen LogP contribution is -2.11. The SMILES string of the molecule is C=CCCOC(=O)Oc1ccc([N+](=O)[O-])cc1. The van der Waals surface area contributed by atoms with Crippen LogP contribution >= 0.6 is 0 Å². The first-order chi connectivity index (χ1) is 8.13. The molecule has 0 heterocycles. The van der Waals surface area contributed by atoms with Gasteiger partial charge in [0, 0.05) is 12.1 Å². The molecule has 0 aliphatic carbocycles. The molecule has 1 aromatic rings. The maximum Gasteiger partial charge on any atom is 0.513 e. The van der Waals surface area contributed by atoms with Crippen LogP contribution in [0.2, 0.25) is 0 Å². The van der Waals surface area contributed by atoms with E-state index in [0.717, 1.165) is 0 Å². The molecule has 0 aliphatic heterocycles. The van der Waals surface area contributed by atoms with Gasteiger partial charge in [-0.1, -0.05) is 6.08 Å². The zero-order chi connectivity index (χ0) is 12.7. The Balaban J connectivity index is 2.48. The van der Waals surface area contributed by atoms with Gasteiger partial charge in [-0.15, -0.1) is 6.58 Å². The Kier molecular flexibility index (Phi) is 4.68. The monoisotopic (exact) mass is 237 g/mol. The number of hydrogen-bond donors (Lipinski definition) is 0. The Hall–Kier alpha value is -2.37. The van der Waals surface area contributed by atoms with Gasteiger partial charge in [0.25, 0.3) is 5.69 Å². The first kappa shape index (κ1) is 12.7. The highest BCUT2D eigenvalue weighted by molar-refractivity contribution is 5.63. The fraction of sp³-hybridized carbons (Fsp3) is 0.182. The number of nitrogens with zero attached hydrogens (tertiary/aromatic N) is 1. The van der Waals surface area contributed by atoms with Crippen LogP contribution in [0.4, 0.5) is 10.5 Å². The van der Waals surface area contributed by atoms with Gasteiger partial charge < -0.3 is 9.47 Å². The second kappa shape index (κ2) is 6.26. The van der Waals surface area contributed by atoms with Crippen LogP contribution in [0, 0.1) is 10.1 Å². The van der Waals surface area contributed by atoms with Crippen molar-refractivity contribution >= 4 is 11.8 Å². The molecule has 0 radical (unpaired) electrons. The molecular formula is C11H11NO5. The number of non-ortho nitro benzene ring substituents is 1. The number of carbonyl (C=O) groups excluding carboxylic acids is 1. The van der Waals surface area contributed by atoms with E-state index in [9.17, 15) is 14.9 Å². The van der Waals surface area contributed by atoms with Crippen LogP contribution in [-0.2, 0) is 4.74 Å². The van der Waals surface area contributed by atoms with Crippen LogP contribution in [-0.4, -0.2) is 17.7 Å². The van der Waals surface area contributed by atoms with Crippen LogP contribution in [0.15, 0.2) is 36.9 Å². The first-order valence-electron chi connectivity index (χ1n) is 4.83. The van der Waals surface area contributed by atoms with Crippen molar-refractivity contribution in [1.29, 1.82) is 0 Å². The fourth-order valence-electron chi connectivity index (χ4n) is 0.987. The highest BCUT2D eigenvalue weighted by Gasteiger charge is 2.08. The lowest BCUT2D eigenvalue weighted by Gasteiger charge is -2.04. The zero-order valence-electron chi connectivity index (χ0n) is 9.00. The van der Waals surface area contributed by atoms with Gasteiger partial charge in [0.1, 0.15) is 5.75 Å². The molecule has 0 aliphatic rings. The van der Waals surface area contributed by atoms with Gasteiger partial charge in [-0.05, 0) is 18.6 Å². The number of carbonyl (C=O) groups is 1. The van der Waals surface area contributed by atoms with E-state index in [1.54, 1.807) is 6.08 Å². The summed E-state index contributed by atoms with van der Waals surface area (Å²) in [6, 6.07) is 5.14. The molecule has 0 amide bonds. The summed E-state index contributed by atoms with van der Waals surface area (Å²) in [5, 5.41) is 10.4. The van der Waals surface area contributed by atoms with Gasteiger partial charge >= 0.3 is 6.16 Å². The number of nitro benzene ring substituents is 1. The van der Waals surface area contributed by atoms with E-state index in [1.807, 2.05) is 0 Å². The minimum Gasteiger partial charge on any atom is -0.434 e. The predicted molar refractivity (Wildman–Crippen MR) is 59.9 cm³/mol. The number of ether oxygens (including phenoxy) is 2. The summed E-state index contributed by atoms with van der Waals surface area (Å²) in [6.07, 6.45) is 1.30. The van der Waals surface area contributed by atoms with Crippen molar-refractivity contribution in [3.63, 3.8) is 0 Å². The molecule has 6 heteroatoms. The van der Waals surface area contributed by atoms with Crippen molar-refractivity contribution in [2.24, 2.45) is 0 Å². The Morgan fingerprint density at radius 3 is 2.59 bits per heavy atom. The van der Waals surface area contributed by atoms with Crippen molar-refractivity contribution in [3.05, 3.63) is 47.0 Å². The summed E-state index contributed by atoms with van der Waals surface area (Å²) in [6.45, 7) is 3.66. The first-order valence-corrected chi connectivity index (χ1v) is 4.83. The third kappa shape index (κ3) is 4.33. The lowest BCUT2D eigenvalue weighted by atomic mass is 10.3. The summed E-state index contributed by atoms with van der Waals surface area (Å²) >= 11 is 0. The Morgan fingerprint density at radius 2 is 2.06 bits per heavy atom. The Morgan fingerprint density at radius 1 is 1.41 bits per heavy atom. The average Bonchev–Trinajstić information content (AvgIpc) is 2.30. The number of nitro groups is 1. The molecule has 0 N–H and O–H groups in total. The molecule has 0 atom stereocenters. The Labute approximate surface area is 97.6 Å². The number of rotatable bonds is 5. The van der Waals surface area contributed by atoms with E-state index in [1.165, 1.54) is 24.3 Å². The van der Waals surface area contributed by atoms with Crippen molar-refractivity contribution in [2.75, 3.05) is 6.61 Å². The quantitative estimate of drug-likeness (QED) is 0.196. The molecule has 0 saturated carbocycles. The summed E-state index contributed by atoms with van der Waals surface area (Å²) < 4.78 is 9.48. The van der Waals surface area contributed by atoms with E-state index in [4.69, 9.17) is 9.47 Å². The smallest absolute Gasteiger partial charge is 0.434 e. The van der Waals surface area contributed by atoms with Crippen LogP contribution in [0.5, 0.6) is 5.75 Å². The second-order valence-electron chi connectivity index (χ2n) is 3.03. The second-order valence-corrected chi connectivity index (χ2v) is 3.03. The lowest BCUT2D eigenvalue weighted by molar-refractivity contribution is -0.384. The molecule has 0 bridgehead atoms. The van der Waals surface area contributed by atoms with E-state index >= 15 is 0 Å². The highest BCUT2D eigenvalue weighted by atomic mass is 16.7. The standard InChI is InChI=1S/C11H11NO5/c1-2-3-8-16-11(13)17-10-6-4-9(5-7-10)12(14)15/h2,4-7H,1,3,8H2. The Bertz CT molecular complexity index is 412. The largest absolute Gasteiger partial charge is 0.513 e. The molecule has 0 saturated heterocycles. The molecule has 0 unspecified atom stereocenters. The molecule has 17 heavy (non-hydrogen) atoms. The minimum atomic E-state index is -0.847. The molecule has 90 valence electrons. The topological polar surface area (TPSA) is 78.7 Å². The van der Waals surface area contributed by atoms with Crippen molar-refractivity contribution in [1.82, 2.24) is 0 Å². The average molecular weight is 237 g/mol. The summed E-state index contributed by atoms with van der Waals surface area (Å²) in [4.78, 5) is 20.9. The fourth-order valence-corrected chi connectivity index (χ4v) is 0.987. The van der Waals surface area contributed by atoms with Gasteiger partial charge in [0.05, 0.1) is 11.5 Å². The summed E-state index contributed by atoms with van der Waals surface area (Å²) in [5.41, 5.74) is -0.0719. The summed E-state index contributed by atoms with van der Waals surface area (Å²) in [7, 11) is 0. The third-order valence-electron chi connectivity index (χ3n) is 1.79. The molecule has 6 nitrogen and oxygen atoms in total. The van der Waals surface area contributed by atoms with Gasteiger partial charge in [0.2, 0.25) is 0 Å². The predicted octanol–water partition coefficient (Wildman–Crippen LogP) is 2.69. The van der Waals surface area contributed by atoms with E-state index in [-0.39, 0.29) is 18.0 Å². The van der Waals surface area contributed by atoms with Crippen molar-refractivity contribution < 1.29 is 19.2 Å². The normalized spacial score (nSPS) is 9.41. The summed E-state index contributed by atoms with van der Waals surface area (Å²) in [5.74, 6) is 0.194. The maximum atomic E-state index is 11.1. The van der Waals surface area contributed by atoms with Crippen LogP contribution in [0.3, 0.4) is 0 Å². The van der Waals surface area contributed by atoms with Crippen LogP contribution in [0.1, 0.15) is 6.42 Å². The van der Waals surface area contributed by atoms with Crippen molar-refractivity contribution in [3.8, 4) is 5.75 Å².